The minimum atomic E-state index is -0.00159. The Morgan fingerprint density at radius 2 is 2.00 bits per heavy atom. The van der Waals surface area contributed by atoms with Crippen molar-refractivity contribution in [2.75, 3.05) is 0 Å². The Balaban J connectivity index is 0.000000219. The summed E-state index contributed by atoms with van der Waals surface area (Å²) in [7, 11) is 0. The van der Waals surface area contributed by atoms with Gasteiger partial charge in [0.25, 0.3) is 0 Å². The second-order valence-corrected chi connectivity index (χ2v) is 9.46. The lowest BCUT2D eigenvalue weighted by Crippen LogP contribution is -2.36. The fraction of sp³-hybridized carbons (Fsp3) is 0.320. The molecule has 1 amide bonds. The van der Waals surface area contributed by atoms with Gasteiger partial charge >= 0.3 is 0 Å². The van der Waals surface area contributed by atoms with Gasteiger partial charge in [0.15, 0.2) is 0 Å². The zero-order valence-electron chi connectivity index (χ0n) is 18.8. The van der Waals surface area contributed by atoms with Crippen LogP contribution in [-0.4, -0.2) is 33.9 Å². The normalized spacial score (nSPS) is 18.0. The summed E-state index contributed by atoms with van der Waals surface area (Å²) in [5, 5.41) is 15.0. The van der Waals surface area contributed by atoms with Crippen LogP contribution >= 0.6 is 11.3 Å². The van der Waals surface area contributed by atoms with Crippen LogP contribution in [0.3, 0.4) is 0 Å². The molecule has 0 bridgehead atoms. The average molecular weight is 463 g/mol. The first-order valence-corrected chi connectivity index (χ1v) is 12.1. The monoisotopic (exact) mass is 462 g/mol. The first kappa shape index (κ1) is 22.9. The van der Waals surface area contributed by atoms with Crippen LogP contribution in [0.1, 0.15) is 42.6 Å². The van der Waals surface area contributed by atoms with Crippen molar-refractivity contribution in [1.29, 1.82) is 5.41 Å². The third-order valence-corrected chi connectivity index (χ3v) is 7.20. The molecule has 6 N–H and O–H groups in total. The van der Waals surface area contributed by atoms with E-state index in [1.54, 1.807) is 17.4 Å². The summed E-state index contributed by atoms with van der Waals surface area (Å²) in [6, 6.07) is 15.1. The van der Waals surface area contributed by atoms with Crippen molar-refractivity contribution in [2.24, 2.45) is 11.5 Å². The summed E-state index contributed by atoms with van der Waals surface area (Å²) in [5.41, 5.74) is 15.1. The first-order chi connectivity index (χ1) is 16.0. The van der Waals surface area contributed by atoms with E-state index in [2.05, 4.69) is 57.5 Å². The number of aryl methyl sites for hydroxylation is 1. The molecule has 172 valence electrons. The molecule has 0 radical (unpaired) electrons. The Hall–Kier alpha value is -3.23. The van der Waals surface area contributed by atoms with Crippen LogP contribution < -0.4 is 16.8 Å². The number of nitrogens with two attached hydrogens (primary N) is 2. The highest BCUT2D eigenvalue weighted by Gasteiger charge is 2.17. The molecule has 5 rings (SSSR count). The summed E-state index contributed by atoms with van der Waals surface area (Å²) in [5.74, 6) is -0.00159. The van der Waals surface area contributed by atoms with E-state index in [1.807, 2.05) is 6.07 Å². The smallest absolute Gasteiger partial charge is 0.207 e. The topological polar surface area (TPSA) is 123 Å². The Labute approximate surface area is 197 Å². The number of hydrogen-bond acceptors (Lipinski definition) is 5. The molecule has 1 aliphatic carbocycles. The number of thiophene rings is 1. The quantitative estimate of drug-likeness (QED) is 0.204. The van der Waals surface area contributed by atoms with Crippen LogP contribution in [-0.2, 0) is 11.3 Å². The number of nitrogen functional groups attached to an aromatic ring is 1. The minimum absolute atomic E-state index is 0.00159. The molecule has 4 aromatic rings. The van der Waals surface area contributed by atoms with Crippen molar-refractivity contribution >= 4 is 44.7 Å². The zero-order chi connectivity index (χ0) is 23.4. The lowest BCUT2D eigenvalue weighted by Gasteiger charge is -2.25. The predicted octanol–water partition coefficient (Wildman–Crippen LogP) is 3.89. The van der Waals surface area contributed by atoms with Gasteiger partial charge in [-0.2, -0.15) is 0 Å². The summed E-state index contributed by atoms with van der Waals surface area (Å²) >= 11 is 1.77. The number of carbonyl (C=O) groups excluding carboxylic acids is 1. The lowest BCUT2D eigenvalue weighted by atomic mass is 9.92. The van der Waals surface area contributed by atoms with Gasteiger partial charge < -0.3 is 21.4 Å². The van der Waals surface area contributed by atoms with E-state index in [1.165, 1.54) is 15.6 Å². The van der Waals surface area contributed by atoms with E-state index in [9.17, 15) is 4.79 Å². The van der Waals surface area contributed by atoms with Crippen LogP contribution in [0.5, 0.6) is 0 Å². The van der Waals surface area contributed by atoms with E-state index < -0.39 is 0 Å². The van der Waals surface area contributed by atoms with E-state index in [-0.39, 0.29) is 5.84 Å². The predicted molar refractivity (Wildman–Crippen MR) is 136 cm³/mol. The number of carbonyl (C=O) groups is 1. The molecular weight excluding hydrogens is 432 g/mol. The van der Waals surface area contributed by atoms with E-state index >= 15 is 0 Å². The molecule has 0 saturated heterocycles. The maximum Gasteiger partial charge on any atom is 0.207 e. The molecule has 1 aromatic carbocycles. The number of aromatic nitrogens is 2. The number of amidine groups is 1. The molecule has 0 aliphatic heterocycles. The number of hydrogen-bond donors (Lipinski definition) is 4. The van der Waals surface area contributed by atoms with Crippen molar-refractivity contribution in [1.82, 2.24) is 14.9 Å². The van der Waals surface area contributed by atoms with E-state index in [0.717, 1.165) is 55.4 Å². The van der Waals surface area contributed by atoms with Gasteiger partial charge in [0.1, 0.15) is 17.2 Å². The van der Waals surface area contributed by atoms with Crippen molar-refractivity contribution in [3.05, 3.63) is 64.8 Å². The first-order valence-electron chi connectivity index (χ1n) is 11.2. The molecule has 8 heteroatoms. The molecule has 1 saturated carbocycles. The summed E-state index contributed by atoms with van der Waals surface area (Å²) in [4.78, 5) is 14.6. The number of amides is 1. The average Bonchev–Trinajstić information content (AvgIpc) is 3.36. The Kier molecular flexibility index (Phi) is 7.05. The van der Waals surface area contributed by atoms with Crippen LogP contribution in [0.25, 0.3) is 21.1 Å². The molecular formula is C25H30N6OS. The van der Waals surface area contributed by atoms with Crippen LogP contribution in [0.15, 0.2) is 47.8 Å². The van der Waals surface area contributed by atoms with Gasteiger partial charge in [-0.1, -0.05) is 18.2 Å². The summed E-state index contributed by atoms with van der Waals surface area (Å²) in [6.45, 7) is 2.86. The van der Waals surface area contributed by atoms with Crippen molar-refractivity contribution in [3.8, 4) is 0 Å². The van der Waals surface area contributed by atoms with E-state index in [0.29, 0.717) is 17.8 Å². The van der Waals surface area contributed by atoms with E-state index in [4.69, 9.17) is 16.9 Å². The van der Waals surface area contributed by atoms with Gasteiger partial charge in [-0.3, -0.25) is 10.2 Å². The van der Waals surface area contributed by atoms with Crippen LogP contribution in [0.2, 0.25) is 0 Å². The standard InChI is InChI=1S/C18H16N4S.C7H14N2O/c1-11-8-12-6-7-15(17(19)20)21-18(12)22(11)9-13-10-23-16-5-3-2-4-14(13)16;8-6-1-3-7(4-2-6)9-5-10/h2-8,10H,9H2,1H3,(H3,19,20);5-7H,1-4,8H2,(H,9,10). The fourth-order valence-electron chi connectivity index (χ4n) is 4.32. The maximum absolute atomic E-state index is 10.0. The summed E-state index contributed by atoms with van der Waals surface area (Å²) in [6.07, 6.45) is 4.96. The van der Waals surface area contributed by atoms with Gasteiger partial charge in [0.05, 0.1) is 6.54 Å². The molecule has 0 spiro atoms. The Morgan fingerprint density at radius 1 is 1.24 bits per heavy atom. The molecule has 3 heterocycles. The van der Waals surface area contributed by atoms with Gasteiger partial charge in [0.2, 0.25) is 6.41 Å². The molecule has 1 fully saturated rings. The molecule has 0 atom stereocenters. The highest BCUT2D eigenvalue weighted by Crippen LogP contribution is 2.28. The number of nitrogens with zero attached hydrogens (tertiary/aromatic N) is 2. The highest BCUT2D eigenvalue weighted by atomic mass is 32.1. The number of benzene rings is 1. The SMILES string of the molecule is Cc1cc2ccc(C(=N)N)nc2n1Cc1csc2ccccc12.NC1CCC(NC=O)CC1. The second kappa shape index (κ2) is 10.1. The number of fused-ring (bicyclic) bond motifs is 2. The zero-order valence-corrected chi connectivity index (χ0v) is 19.6. The number of nitrogens with one attached hydrogen (secondary N) is 2. The minimum Gasteiger partial charge on any atom is -0.382 e. The van der Waals surface area contributed by atoms with Gasteiger partial charge in [0, 0.05) is 27.9 Å². The molecule has 7 nitrogen and oxygen atoms in total. The lowest BCUT2D eigenvalue weighted by molar-refractivity contribution is -0.110. The summed E-state index contributed by atoms with van der Waals surface area (Å²) < 4.78 is 3.49. The number of pyridine rings is 1. The van der Waals surface area contributed by atoms with Gasteiger partial charge in [-0.15, -0.1) is 11.3 Å². The highest BCUT2D eigenvalue weighted by molar-refractivity contribution is 7.17. The Bertz CT molecular complexity index is 1270. The molecule has 1 aliphatic rings. The van der Waals surface area contributed by atoms with Crippen molar-refractivity contribution < 1.29 is 4.79 Å². The third kappa shape index (κ3) is 5.23. The van der Waals surface area contributed by atoms with Crippen molar-refractivity contribution in [2.45, 2.75) is 51.2 Å². The van der Waals surface area contributed by atoms with Crippen LogP contribution in [0, 0.1) is 12.3 Å². The molecule has 33 heavy (non-hydrogen) atoms. The van der Waals surface area contributed by atoms with Crippen LogP contribution in [0.4, 0.5) is 0 Å². The fourth-order valence-corrected chi connectivity index (χ4v) is 5.27. The number of rotatable bonds is 5. The molecule has 0 unspecified atom stereocenters. The largest absolute Gasteiger partial charge is 0.382 e. The third-order valence-electron chi connectivity index (χ3n) is 6.19. The molecule has 3 aromatic heterocycles. The maximum atomic E-state index is 10.0. The van der Waals surface area contributed by atoms with Gasteiger partial charge in [-0.05, 0) is 73.2 Å². The Morgan fingerprint density at radius 3 is 2.73 bits per heavy atom. The van der Waals surface area contributed by atoms with Gasteiger partial charge in [-0.25, -0.2) is 4.98 Å². The second-order valence-electron chi connectivity index (χ2n) is 8.55. The van der Waals surface area contributed by atoms with Crippen molar-refractivity contribution in [3.63, 3.8) is 0 Å².